The van der Waals surface area contributed by atoms with Gasteiger partial charge in [-0.1, -0.05) is 0 Å². The van der Waals surface area contributed by atoms with Crippen LogP contribution in [0.1, 0.15) is 22.8 Å². The Bertz CT molecular complexity index is 455. The zero-order valence-corrected chi connectivity index (χ0v) is 10.7. The van der Waals surface area contributed by atoms with Gasteiger partial charge in [0, 0.05) is 0 Å². The van der Waals surface area contributed by atoms with E-state index >= 15 is 0 Å². The average Bonchev–Trinajstić information content (AvgIpc) is 2.23. The minimum Gasteiger partial charge on any atom is -0.381 e. The molecule has 1 unspecified atom stereocenters. The molecule has 20 heavy (non-hydrogen) atoms. The first-order valence-electron chi connectivity index (χ1n) is 4.77. The van der Waals surface area contributed by atoms with Gasteiger partial charge in [-0.25, -0.2) is 0 Å². The molecule has 0 bridgehead atoms. The van der Waals surface area contributed by atoms with E-state index in [4.69, 9.17) is 5.11 Å². The number of aliphatic hydroxyl groups is 1. The Morgan fingerprint density at radius 3 is 1.40 bits per heavy atom. The zero-order chi connectivity index (χ0) is 15.9. The van der Waals surface area contributed by atoms with Gasteiger partial charge in [-0.2, -0.15) is 35.1 Å². The molecular weight excluding hydrogens is 368 g/mol. The third-order valence-corrected chi connectivity index (χ3v) is 2.67. The molecule has 0 amide bonds. The van der Waals surface area contributed by atoms with Crippen LogP contribution >= 0.6 is 15.9 Å². The normalized spacial score (nSPS) is 15.3. The highest BCUT2D eigenvalue weighted by molar-refractivity contribution is 9.10. The molecule has 1 aromatic carbocycles. The number of aliphatic hydroxyl groups excluding tert-OH is 1. The summed E-state index contributed by atoms with van der Waals surface area (Å²) in [5.41, 5.74) is -4.76. The maximum atomic E-state index is 12.8. The highest BCUT2D eigenvalue weighted by Gasteiger charge is 2.41. The van der Waals surface area contributed by atoms with Crippen LogP contribution < -0.4 is 0 Å². The molecule has 0 aliphatic heterocycles. The van der Waals surface area contributed by atoms with Crippen LogP contribution in [-0.4, -0.2) is 9.94 Å². The van der Waals surface area contributed by atoms with Crippen molar-refractivity contribution in [3.63, 3.8) is 0 Å². The third kappa shape index (κ3) is 4.05. The second kappa shape index (κ2) is 5.14. The largest absolute Gasteiger partial charge is 0.416 e. The standard InChI is InChI=1S/C10H5BrF8O/c11-8(12,13)7(20)4-1-5(9(14,15)16)3-6(2-4)10(17,18)19/h1-3,7,20H. The van der Waals surface area contributed by atoms with Crippen molar-refractivity contribution in [1.29, 1.82) is 0 Å². The highest BCUT2D eigenvalue weighted by atomic mass is 79.9. The van der Waals surface area contributed by atoms with E-state index in [9.17, 15) is 35.1 Å². The third-order valence-electron chi connectivity index (χ3n) is 2.24. The van der Waals surface area contributed by atoms with Crippen molar-refractivity contribution < 1.29 is 40.2 Å². The van der Waals surface area contributed by atoms with E-state index in [-0.39, 0.29) is 18.2 Å². The van der Waals surface area contributed by atoms with Crippen LogP contribution in [0.3, 0.4) is 0 Å². The lowest BCUT2D eigenvalue weighted by Crippen LogP contribution is -2.20. The van der Waals surface area contributed by atoms with E-state index in [0.717, 1.165) is 0 Å². The molecule has 114 valence electrons. The molecule has 10 heteroatoms. The van der Waals surface area contributed by atoms with Crippen LogP contribution in [0.25, 0.3) is 0 Å². The number of hydrogen-bond donors (Lipinski definition) is 1. The van der Waals surface area contributed by atoms with E-state index in [1.807, 2.05) is 0 Å². The van der Waals surface area contributed by atoms with Gasteiger partial charge in [0.15, 0.2) is 6.10 Å². The first-order chi connectivity index (χ1) is 8.73. The van der Waals surface area contributed by atoms with E-state index in [0.29, 0.717) is 0 Å². The highest BCUT2D eigenvalue weighted by Crippen LogP contribution is 2.41. The molecule has 0 fully saturated rings. The predicted octanol–water partition coefficient (Wildman–Crippen LogP) is 4.75. The minimum absolute atomic E-state index is 0.0368. The van der Waals surface area contributed by atoms with Gasteiger partial charge >= 0.3 is 17.2 Å². The lowest BCUT2D eigenvalue weighted by atomic mass is 10.0. The molecule has 1 atom stereocenters. The maximum absolute atomic E-state index is 12.8. The summed E-state index contributed by atoms with van der Waals surface area (Å²) in [5.74, 6) is 0. The summed E-state index contributed by atoms with van der Waals surface area (Å²) in [4.78, 5) is -4.07. The number of benzene rings is 1. The Morgan fingerprint density at radius 1 is 0.800 bits per heavy atom. The molecule has 0 spiro atoms. The van der Waals surface area contributed by atoms with Crippen LogP contribution in [0, 0.1) is 0 Å². The fourth-order valence-corrected chi connectivity index (χ4v) is 1.59. The second-order valence-electron chi connectivity index (χ2n) is 3.78. The van der Waals surface area contributed by atoms with Crippen molar-refractivity contribution in [2.45, 2.75) is 23.3 Å². The first-order valence-corrected chi connectivity index (χ1v) is 5.56. The molecule has 0 radical (unpaired) electrons. The smallest absolute Gasteiger partial charge is 0.381 e. The van der Waals surface area contributed by atoms with Crippen LogP contribution in [0.4, 0.5) is 35.1 Å². The van der Waals surface area contributed by atoms with Crippen LogP contribution in [0.15, 0.2) is 18.2 Å². The summed E-state index contributed by atoms with van der Waals surface area (Å²) in [6.45, 7) is 0. The average molecular weight is 373 g/mol. The minimum atomic E-state index is -5.17. The lowest BCUT2D eigenvalue weighted by molar-refractivity contribution is -0.143. The summed E-state index contributed by atoms with van der Waals surface area (Å²) in [6, 6.07) is -0.146. The van der Waals surface area contributed by atoms with Crippen molar-refractivity contribution in [3.8, 4) is 0 Å². The van der Waals surface area contributed by atoms with Crippen LogP contribution in [0.2, 0.25) is 0 Å². The van der Waals surface area contributed by atoms with Gasteiger partial charge in [0.1, 0.15) is 0 Å². The van der Waals surface area contributed by atoms with Gasteiger partial charge in [0.05, 0.1) is 11.1 Å². The van der Waals surface area contributed by atoms with Crippen molar-refractivity contribution in [2.75, 3.05) is 0 Å². The Labute approximate surface area is 115 Å². The van der Waals surface area contributed by atoms with Gasteiger partial charge in [-0.15, -0.1) is 0 Å². The molecule has 0 aliphatic rings. The summed E-state index contributed by atoms with van der Waals surface area (Å²) in [5, 5.41) is 9.11. The monoisotopic (exact) mass is 372 g/mol. The molecule has 1 rings (SSSR count). The van der Waals surface area contributed by atoms with Crippen molar-refractivity contribution in [2.24, 2.45) is 0 Å². The molecule has 1 N–H and O–H groups in total. The van der Waals surface area contributed by atoms with E-state index in [1.54, 1.807) is 15.9 Å². The molecular formula is C10H5BrF8O. The van der Waals surface area contributed by atoms with Crippen LogP contribution in [0.5, 0.6) is 0 Å². The molecule has 1 nitrogen and oxygen atoms in total. The maximum Gasteiger partial charge on any atom is 0.416 e. The Kier molecular flexibility index (Phi) is 4.41. The summed E-state index contributed by atoms with van der Waals surface area (Å²) in [7, 11) is 0. The summed E-state index contributed by atoms with van der Waals surface area (Å²) >= 11 is 1.68. The zero-order valence-electron chi connectivity index (χ0n) is 9.16. The number of rotatable bonds is 2. The first kappa shape index (κ1) is 17.2. The van der Waals surface area contributed by atoms with Crippen molar-refractivity contribution in [3.05, 3.63) is 34.9 Å². The van der Waals surface area contributed by atoms with Gasteiger partial charge < -0.3 is 5.11 Å². The fraction of sp³-hybridized carbons (Fsp3) is 0.400. The number of alkyl halides is 9. The summed E-state index contributed by atoms with van der Waals surface area (Å²) in [6.07, 6.45) is -13.2. The molecule has 0 saturated heterocycles. The fourth-order valence-electron chi connectivity index (χ4n) is 1.33. The van der Waals surface area contributed by atoms with Gasteiger partial charge in [-0.3, -0.25) is 0 Å². The molecule has 0 aromatic heterocycles. The van der Waals surface area contributed by atoms with Gasteiger partial charge in [0.2, 0.25) is 0 Å². The van der Waals surface area contributed by atoms with Gasteiger partial charge in [0.25, 0.3) is 0 Å². The second-order valence-corrected chi connectivity index (χ2v) is 4.84. The molecule has 0 heterocycles. The SMILES string of the molecule is OC(c1cc(C(F)(F)F)cc(C(F)(F)F)c1)C(F)(F)Br. The quantitative estimate of drug-likeness (QED) is 0.586. The molecule has 1 aromatic rings. The van der Waals surface area contributed by atoms with Gasteiger partial charge in [-0.05, 0) is 39.7 Å². The topological polar surface area (TPSA) is 20.2 Å². The number of halogens is 9. The lowest BCUT2D eigenvalue weighted by Gasteiger charge is -2.20. The Morgan fingerprint density at radius 2 is 1.15 bits per heavy atom. The van der Waals surface area contributed by atoms with Crippen molar-refractivity contribution >= 4 is 15.9 Å². The number of hydrogen-bond acceptors (Lipinski definition) is 1. The van der Waals surface area contributed by atoms with E-state index in [2.05, 4.69) is 0 Å². The molecule has 0 aliphatic carbocycles. The van der Waals surface area contributed by atoms with Crippen LogP contribution in [-0.2, 0) is 12.4 Å². The van der Waals surface area contributed by atoms with E-state index < -0.39 is 40.0 Å². The van der Waals surface area contributed by atoms with Crippen molar-refractivity contribution in [1.82, 2.24) is 0 Å². The predicted molar refractivity (Wildman–Crippen MR) is 55.3 cm³/mol. The Hall–Kier alpha value is -0.900. The Balaban J connectivity index is 3.47. The van der Waals surface area contributed by atoms with E-state index in [1.165, 1.54) is 0 Å². The summed E-state index contributed by atoms with van der Waals surface area (Å²) < 4.78 is 100. The molecule has 0 saturated carbocycles.